The van der Waals surface area contributed by atoms with Gasteiger partial charge in [0.25, 0.3) is 0 Å². The first-order valence-corrected chi connectivity index (χ1v) is 8.52. The van der Waals surface area contributed by atoms with Crippen LogP contribution in [0.5, 0.6) is 0 Å². The van der Waals surface area contributed by atoms with Gasteiger partial charge in [-0.3, -0.25) is 9.59 Å². The molecule has 7 nitrogen and oxygen atoms in total. The van der Waals surface area contributed by atoms with E-state index >= 15 is 0 Å². The van der Waals surface area contributed by atoms with Crippen LogP contribution < -0.4 is 10.0 Å². The summed E-state index contributed by atoms with van der Waals surface area (Å²) in [5.74, 6) is -1.96. The lowest BCUT2D eigenvalue weighted by Crippen LogP contribution is -2.47. The van der Waals surface area contributed by atoms with Crippen molar-refractivity contribution >= 4 is 21.9 Å². The van der Waals surface area contributed by atoms with Gasteiger partial charge in [0.15, 0.2) is 0 Å². The molecule has 0 aromatic heterocycles. The molecule has 0 fully saturated rings. The minimum atomic E-state index is -4.02. The first kappa shape index (κ1) is 19.1. The molecule has 0 radical (unpaired) electrons. The number of hydrogen-bond donors (Lipinski definition) is 3. The van der Waals surface area contributed by atoms with Crippen LogP contribution in [0.1, 0.15) is 32.8 Å². The Balaban J connectivity index is 2.89. The predicted octanol–water partition coefficient (Wildman–Crippen LogP) is 1.03. The van der Waals surface area contributed by atoms with Crippen molar-refractivity contribution in [3.05, 3.63) is 29.8 Å². The third-order valence-corrected chi connectivity index (χ3v) is 4.32. The maximum absolute atomic E-state index is 12.2. The second-order valence-electron chi connectivity index (χ2n) is 6.33. The molecule has 1 rings (SSSR count). The van der Waals surface area contributed by atoms with Crippen LogP contribution in [0.4, 0.5) is 0 Å². The van der Waals surface area contributed by atoms with Crippen molar-refractivity contribution in [1.29, 1.82) is 0 Å². The second-order valence-corrected chi connectivity index (χ2v) is 8.04. The Labute approximate surface area is 136 Å². The lowest BCUT2D eigenvalue weighted by molar-refractivity contribution is -0.141. The van der Waals surface area contributed by atoms with E-state index in [0.717, 1.165) is 5.56 Å². The van der Waals surface area contributed by atoms with Gasteiger partial charge in [0, 0.05) is 5.54 Å². The predicted molar refractivity (Wildman–Crippen MR) is 85.4 cm³/mol. The smallest absolute Gasteiger partial charge is 0.322 e. The summed E-state index contributed by atoms with van der Waals surface area (Å²) in [6.07, 6.45) is -0.488. The number of benzene rings is 1. The van der Waals surface area contributed by atoms with Crippen LogP contribution in [0, 0.1) is 6.92 Å². The van der Waals surface area contributed by atoms with E-state index in [2.05, 4.69) is 10.0 Å². The topological polar surface area (TPSA) is 113 Å². The van der Waals surface area contributed by atoms with Crippen LogP contribution in [0.3, 0.4) is 0 Å². The number of nitrogens with one attached hydrogen (secondary N) is 2. The van der Waals surface area contributed by atoms with Crippen LogP contribution in [0.15, 0.2) is 29.2 Å². The largest absolute Gasteiger partial charge is 0.480 e. The summed E-state index contributed by atoms with van der Waals surface area (Å²) < 4.78 is 26.5. The van der Waals surface area contributed by atoms with E-state index in [1.165, 1.54) is 12.1 Å². The molecule has 0 bridgehead atoms. The fraction of sp³-hybridized carbons (Fsp3) is 0.467. The average molecular weight is 342 g/mol. The van der Waals surface area contributed by atoms with E-state index in [4.69, 9.17) is 5.11 Å². The summed E-state index contributed by atoms with van der Waals surface area (Å²) in [4.78, 5) is 23.0. The quantitative estimate of drug-likeness (QED) is 0.715. The van der Waals surface area contributed by atoms with Crippen LogP contribution in [-0.4, -0.2) is 37.0 Å². The van der Waals surface area contributed by atoms with Crippen molar-refractivity contribution in [2.24, 2.45) is 0 Å². The van der Waals surface area contributed by atoms with Crippen molar-refractivity contribution in [1.82, 2.24) is 10.0 Å². The number of carbonyl (C=O) groups excluding carboxylic acids is 1. The highest BCUT2D eigenvalue weighted by molar-refractivity contribution is 7.89. The fourth-order valence-electron chi connectivity index (χ4n) is 1.81. The zero-order chi connectivity index (χ0) is 17.8. The maximum Gasteiger partial charge on any atom is 0.322 e. The van der Waals surface area contributed by atoms with E-state index in [0.29, 0.717) is 0 Å². The Morgan fingerprint density at radius 1 is 1.17 bits per heavy atom. The molecule has 1 atom stereocenters. The SMILES string of the molecule is Cc1ccc(S(=O)(=O)N[C@@H](CC(=O)NC(C)(C)C)C(=O)O)cc1. The van der Waals surface area contributed by atoms with E-state index in [1.807, 2.05) is 0 Å². The number of aliphatic carboxylic acids is 1. The van der Waals surface area contributed by atoms with E-state index < -0.39 is 39.9 Å². The van der Waals surface area contributed by atoms with Crippen LogP contribution in [-0.2, 0) is 19.6 Å². The normalized spacial score (nSPS) is 13.4. The van der Waals surface area contributed by atoms with Crippen LogP contribution in [0.2, 0.25) is 0 Å². The van der Waals surface area contributed by atoms with E-state index in [1.54, 1.807) is 39.8 Å². The van der Waals surface area contributed by atoms with Gasteiger partial charge in [0.2, 0.25) is 15.9 Å². The molecule has 0 aliphatic rings. The van der Waals surface area contributed by atoms with Gasteiger partial charge in [-0.15, -0.1) is 0 Å². The number of aryl methyl sites for hydroxylation is 1. The Morgan fingerprint density at radius 2 is 1.70 bits per heavy atom. The number of hydrogen-bond acceptors (Lipinski definition) is 4. The summed E-state index contributed by atoms with van der Waals surface area (Å²) >= 11 is 0. The zero-order valence-electron chi connectivity index (χ0n) is 13.6. The first-order valence-electron chi connectivity index (χ1n) is 7.03. The highest BCUT2D eigenvalue weighted by Gasteiger charge is 2.28. The minimum absolute atomic E-state index is 0.0504. The molecule has 0 saturated carbocycles. The number of sulfonamides is 1. The summed E-state index contributed by atoms with van der Waals surface area (Å²) in [6.45, 7) is 7.05. The Morgan fingerprint density at radius 3 is 2.13 bits per heavy atom. The molecule has 1 amide bonds. The van der Waals surface area contributed by atoms with E-state index in [-0.39, 0.29) is 4.90 Å². The summed E-state index contributed by atoms with van der Waals surface area (Å²) in [7, 11) is -4.02. The van der Waals surface area contributed by atoms with Gasteiger partial charge in [-0.05, 0) is 39.8 Å². The third kappa shape index (κ3) is 6.37. The van der Waals surface area contributed by atoms with Gasteiger partial charge in [0.1, 0.15) is 6.04 Å². The third-order valence-electron chi connectivity index (χ3n) is 2.83. The van der Waals surface area contributed by atoms with E-state index in [9.17, 15) is 18.0 Å². The summed E-state index contributed by atoms with van der Waals surface area (Å²) in [5, 5.41) is 11.8. The molecule has 0 heterocycles. The molecule has 23 heavy (non-hydrogen) atoms. The Kier molecular flexibility index (Phi) is 5.90. The van der Waals surface area contributed by atoms with Gasteiger partial charge >= 0.3 is 5.97 Å². The van der Waals surface area contributed by atoms with Gasteiger partial charge in [-0.2, -0.15) is 4.72 Å². The molecule has 0 saturated heterocycles. The molecule has 0 aliphatic carbocycles. The monoisotopic (exact) mass is 342 g/mol. The molecule has 0 aliphatic heterocycles. The standard InChI is InChI=1S/C15H22N2O5S/c1-10-5-7-11(8-6-10)23(21,22)17-12(14(19)20)9-13(18)16-15(2,3)4/h5-8,12,17H,9H2,1-4H3,(H,16,18)(H,19,20)/t12-/m0/s1. The molecule has 128 valence electrons. The summed E-state index contributed by atoms with van der Waals surface area (Å²) in [5.41, 5.74) is 0.346. The van der Waals surface area contributed by atoms with Crippen molar-refractivity contribution in [2.45, 2.75) is 50.6 Å². The molecular weight excluding hydrogens is 320 g/mol. The molecule has 1 aromatic rings. The Hall–Kier alpha value is -1.93. The first-order chi connectivity index (χ1) is 10.4. The van der Waals surface area contributed by atoms with Crippen molar-refractivity contribution in [3.8, 4) is 0 Å². The summed E-state index contributed by atoms with van der Waals surface area (Å²) in [6, 6.07) is 4.44. The van der Waals surface area contributed by atoms with Crippen LogP contribution in [0.25, 0.3) is 0 Å². The maximum atomic E-state index is 12.2. The van der Waals surface area contributed by atoms with Gasteiger partial charge in [0.05, 0.1) is 11.3 Å². The van der Waals surface area contributed by atoms with Crippen molar-refractivity contribution in [3.63, 3.8) is 0 Å². The zero-order valence-corrected chi connectivity index (χ0v) is 14.4. The highest BCUT2D eigenvalue weighted by Crippen LogP contribution is 2.11. The van der Waals surface area contributed by atoms with Crippen LogP contribution >= 0.6 is 0 Å². The number of carboxylic acids is 1. The number of carboxylic acid groups (broad SMARTS) is 1. The molecule has 0 unspecified atom stereocenters. The molecule has 3 N–H and O–H groups in total. The van der Waals surface area contributed by atoms with Crippen molar-refractivity contribution < 1.29 is 23.1 Å². The molecule has 0 spiro atoms. The number of rotatable bonds is 6. The van der Waals surface area contributed by atoms with Crippen molar-refractivity contribution in [2.75, 3.05) is 0 Å². The second kappa shape index (κ2) is 7.10. The highest BCUT2D eigenvalue weighted by atomic mass is 32.2. The van der Waals surface area contributed by atoms with Gasteiger partial charge in [-0.25, -0.2) is 8.42 Å². The number of carbonyl (C=O) groups is 2. The fourth-order valence-corrected chi connectivity index (χ4v) is 3.00. The average Bonchev–Trinajstić information content (AvgIpc) is 2.35. The minimum Gasteiger partial charge on any atom is -0.480 e. The molecule has 1 aromatic carbocycles. The molecular formula is C15H22N2O5S. The Bertz CT molecular complexity index is 675. The lowest BCUT2D eigenvalue weighted by Gasteiger charge is -2.22. The van der Waals surface area contributed by atoms with Gasteiger partial charge < -0.3 is 10.4 Å². The number of amides is 1. The van der Waals surface area contributed by atoms with Gasteiger partial charge in [-0.1, -0.05) is 17.7 Å². The molecule has 8 heteroatoms. The lowest BCUT2D eigenvalue weighted by atomic mass is 10.1.